The van der Waals surface area contributed by atoms with Crippen LogP contribution in [0.4, 0.5) is 13.2 Å². The van der Waals surface area contributed by atoms with Gasteiger partial charge < -0.3 is 10.2 Å². The standard InChI is InChI=1S/C18H29F3N4O/c1-3-24(4-2)12-8-11-22-16(26)13-25-15-10-7-5-6-9-14(15)17(23-25)18(19,20)21/h3-13H2,1-2H3,(H,22,26). The first-order valence-corrected chi connectivity index (χ1v) is 9.51. The number of halogens is 3. The molecule has 1 aliphatic rings. The van der Waals surface area contributed by atoms with Gasteiger partial charge in [0, 0.05) is 17.8 Å². The highest BCUT2D eigenvalue weighted by atomic mass is 19.4. The monoisotopic (exact) mass is 374 g/mol. The molecule has 0 radical (unpaired) electrons. The first-order chi connectivity index (χ1) is 12.4. The Labute approximate surface area is 152 Å². The molecular formula is C18H29F3N4O. The van der Waals surface area contributed by atoms with E-state index in [2.05, 4.69) is 29.2 Å². The van der Waals surface area contributed by atoms with Crippen molar-refractivity contribution in [1.29, 1.82) is 0 Å². The predicted octanol–water partition coefficient (Wildman–Crippen LogP) is 3.02. The first-order valence-electron chi connectivity index (χ1n) is 9.51. The average molecular weight is 374 g/mol. The Hall–Kier alpha value is -1.57. The van der Waals surface area contributed by atoms with Crippen LogP contribution in [0.5, 0.6) is 0 Å². The third-order valence-electron chi connectivity index (χ3n) is 4.94. The summed E-state index contributed by atoms with van der Waals surface area (Å²) in [6.45, 7) is 7.36. The van der Waals surface area contributed by atoms with E-state index in [1.54, 1.807) is 0 Å². The van der Waals surface area contributed by atoms with Crippen LogP contribution in [0.25, 0.3) is 0 Å². The highest BCUT2D eigenvalue weighted by Crippen LogP contribution is 2.35. The van der Waals surface area contributed by atoms with E-state index >= 15 is 0 Å². The molecule has 0 saturated carbocycles. The third-order valence-corrected chi connectivity index (χ3v) is 4.94. The number of fused-ring (bicyclic) bond motifs is 1. The molecule has 148 valence electrons. The lowest BCUT2D eigenvalue weighted by molar-refractivity contribution is -0.142. The zero-order chi connectivity index (χ0) is 19.2. The second kappa shape index (κ2) is 9.39. The number of nitrogens with one attached hydrogen (secondary N) is 1. The van der Waals surface area contributed by atoms with Gasteiger partial charge in [-0.05, 0) is 51.7 Å². The number of hydrogen-bond acceptors (Lipinski definition) is 3. The van der Waals surface area contributed by atoms with Gasteiger partial charge in [0.1, 0.15) is 6.54 Å². The fourth-order valence-electron chi connectivity index (χ4n) is 3.47. The van der Waals surface area contributed by atoms with Crippen molar-refractivity contribution >= 4 is 5.91 Å². The lowest BCUT2D eigenvalue weighted by atomic mass is 10.1. The molecule has 8 heteroatoms. The molecule has 26 heavy (non-hydrogen) atoms. The van der Waals surface area contributed by atoms with Crippen LogP contribution < -0.4 is 5.32 Å². The van der Waals surface area contributed by atoms with Crippen molar-refractivity contribution in [3.63, 3.8) is 0 Å². The summed E-state index contributed by atoms with van der Waals surface area (Å²) < 4.78 is 41.1. The molecule has 0 fully saturated rings. The van der Waals surface area contributed by atoms with Crippen LogP contribution in [-0.2, 0) is 30.4 Å². The zero-order valence-corrected chi connectivity index (χ0v) is 15.7. The van der Waals surface area contributed by atoms with Crippen LogP contribution in [-0.4, -0.2) is 46.8 Å². The van der Waals surface area contributed by atoms with E-state index in [9.17, 15) is 18.0 Å². The van der Waals surface area contributed by atoms with Crippen molar-refractivity contribution in [1.82, 2.24) is 20.0 Å². The van der Waals surface area contributed by atoms with Crippen molar-refractivity contribution in [3.05, 3.63) is 17.0 Å². The fraction of sp³-hybridized carbons (Fsp3) is 0.778. The molecule has 0 bridgehead atoms. The normalized spacial score (nSPS) is 15.0. The Kier molecular flexibility index (Phi) is 7.49. The first kappa shape index (κ1) is 20.7. The number of carbonyl (C=O) groups is 1. The van der Waals surface area contributed by atoms with Gasteiger partial charge >= 0.3 is 6.18 Å². The highest BCUT2D eigenvalue weighted by Gasteiger charge is 2.39. The third kappa shape index (κ3) is 5.46. The van der Waals surface area contributed by atoms with Crippen molar-refractivity contribution in [2.24, 2.45) is 0 Å². The second-order valence-corrected chi connectivity index (χ2v) is 6.72. The molecule has 1 amide bonds. The van der Waals surface area contributed by atoms with Gasteiger partial charge in [-0.1, -0.05) is 20.3 Å². The summed E-state index contributed by atoms with van der Waals surface area (Å²) in [6.07, 6.45) is -0.244. The molecule has 1 aromatic rings. The van der Waals surface area contributed by atoms with Gasteiger partial charge in [0.2, 0.25) is 5.91 Å². The zero-order valence-electron chi connectivity index (χ0n) is 15.7. The molecule has 0 aromatic carbocycles. The Morgan fingerprint density at radius 3 is 2.54 bits per heavy atom. The minimum atomic E-state index is -4.47. The Bertz CT molecular complexity index is 594. The Balaban J connectivity index is 1.98. The molecule has 2 rings (SSSR count). The molecule has 0 atom stereocenters. The minimum Gasteiger partial charge on any atom is -0.354 e. The van der Waals surface area contributed by atoms with Gasteiger partial charge in [0.05, 0.1) is 0 Å². The van der Waals surface area contributed by atoms with Crippen molar-refractivity contribution < 1.29 is 18.0 Å². The Morgan fingerprint density at radius 2 is 1.88 bits per heavy atom. The largest absolute Gasteiger partial charge is 0.435 e. The molecule has 5 nitrogen and oxygen atoms in total. The molecule has 0 saturated heterocycles. The van der Waals surface area contributed by atoms with E-state index in [0.29, 0.717) is 25.1 Å². The molecule has 0 unspecified atom stereocenters. The van der Waals surface area contributed by atoms with Gasteiger partial charge in [-0.15, -0.1) is 0 Å². The summed E-state index contributed by atoms with van der Waals surface area (Å²) in [7, 11) is 0. The predicted molar refractivity (Wildman–Crippen MR) is 93.9 cm³/mol. The summed E-state index contributed by atoms with van der Waals surface area (Å²) in [5.41, 5.74) is 0.0428. The minimum absolute atomic E-state index is 0.149. The highest BCUT2D eigenvalue weighted by molar-refractivity contribution is 5.75. The van der Waals surface area contributed by atoms with Crippen LogP contribution in [0, 0.1) is 0 Å². The molecular weight excluding hydrogens is 345 g/mol. The van der Waals surface area contributed by atoms with Crippen LogP contribution in [0.15, 0.2) is 0 Å². The van der Waals surface area contributed by atoms with E-state index in [1.165, 1.54) is 4.68 Å². The van der Waals surface area contributed by atoms with Gasteiger partial charge in [-0.3, -0.25) is 9.48 Å². The van der Waals surface area contributed by atoms with Crippen molar-refractivity contribution in [2.75, 3.05) is 26.2 Å². The molecule has 0 spiro atoms. The maximum absolute atomic E-state index is 13.3. The van der Waals surface area contributed by atoms with Crippen LogP contribution in [0.3, 0.4) is 0 Å². The summed E-state index contributed by atoms with van der Waals surface area (Å²) >= 11 is 0. The number of amides is 1. The SMILES string of the molecule is CCN(CC)CCCNC(=O)Cn1nc(C(F)(F)F)c2c1CCCCC2. The topological polar surface area (TPSA) is 50.2 Å². The number of nitrogens with zero attached hydrogens (tertiary/aromatic N) is 3. The molecule has 1 aliphatic carbocycles. The fourth-order valence-corrected chi connectivity index (χ4v) is 3.47. The van der Waals surface area contributed by atoms with E-state index in [0.717, 1.165) is 45.3 Å². The maximum Gasteiger partial charge on any atom is 0.435 e. The Morgan fingerprint density at radius 1 is 1.19 bits per heavy atom. The lowest BCUT2D eigenvalue weighted by Crippen LogP contribution is -2.32. The number of carbonyl (C=O) groups excluding carboxylic acids is 1. The summed E-state index contributed by atoms with van der Waals surface area (Å²) in [5, 5.41) is 6.55. The average Bonchev–Trinajstić information content (AvgIpc) is 2.78. The molecule has 1 heterocycles. The van der Waals surface area contributed by atoms with E-state index in [-0.39, 0.29) is 18.0 Å². The lowest BCUT2D eigenvalue weighted by Gasteiger charge is -2.17. The van der Waals surface area contributed by atoms with Gasteiger partial charge in [0.15, 0.2) is 5.69 Å². The van der Waals surface area contributed by atoms with E-state index in [1.807, 2.05) is 0 Å². The summed E-state index contributed by atoms with van der Waals surface area (Å²) in [5.74, 6) is -0.284. The van der Waals surface area contributed by atoms with Gasteiger partial charge in [-0.2, -0.15) is 18.3 Å². The van der Waals surface area contributed by atoms with Crippen molar-refractivity contribution in [2.45, 2.75) is 65.1 Å². The van der Waals surface area contributed by atoms with E-state index in [4.69, 9.17) is 0 Å². The van der Waals surface area contributed by atoms with E-state index < -0.39 is 11.9 Å². The van der Waals surface area contributed by atoms with Crippen molar-refractivity contribution in [3.8, 4) is 0 Å². The summed E-state index contributed by atoms with van der Waals surface area (Å²) in [6, 6.07) is 0. The number of alkyl halides is 3. The van der Waals surface area contributed by atoms with Crippen LogP contribution in [0.1, 0.15) is 56.5 Å². The number of hydrogen-bond donors (Lipinski definition) is 1. The second-order valence-electron chi connectivity index (χ2n) is 6.72. The number of aromatic nitrogens is 2. The van der Waals surface area contributed by atoms with Crippen LogP contribution >= 0.6 is 0 Å². The van der Waals surface area contributed by atoms with Gasteiger partial charge in [-0.25, -0.2) is 0 Å². The molecule has 0 aliphatic heterocycles. The van der Waals surface area contributed by atoms with Gasteiger partial charge in [0.25, 0.3) is 0 Å². The smallest absolute Gasteiger partial charge is 0.354 e. The summed E-state index contributed by atoms with van der Waals surface area (Å²) in [4.78, 5) is 14.4. The molecule has 1 aromatic heterocycles. The quantitative estimate of drug-likeness (QED) is 0.562. The van der Waals surface area contributed by atoms with Crippen LogP contribution in [0.2, 0.25) is 0 Å². The maximum atomic E-state index is 13.3. The molecule has 1 N–H and O–H groups in total. The number of rotatable bonds is 8.